The number of carbonyl (C=O) groups is 1. The summed E-state index contributed by atoms with van der Waals surface area (Å²) in [5, 5.41) is 9.32. The van der Waals surface area contributed by atoms with E-state index in [1.807, 2.05) is 31.2 Å². The van der Waals surface area contributed by atoms with Crippen LogP contribution in [0, 0.1) is 5.92 Å². The smallest absolute Gasteiger partial charge is 0.288 e. The minimum absolute atomic E-state index is 0.0109. The molecule has 1 N–H and O–H groups in total. The number of fused-ring (bicyclic) bond motifs is 1. The molecule has 7 nitrogen and oxygen atoms in total. The molecule has 0 unspecified atom stereocenters. The molecular weight excluding hydrogens is 350 g/mol. The van der Waals surface area contributed by atoms with Crippen LogP contribution in [0.4, 0.5) is 0 Å². The first-order valence-electron chi connectivity index (χ1n) is 9.51. The SMILES string of the molecule is CCO[C@H]1OC(C(=O)N2CC2)=C[C@@H](c2ccc3c(c2)OCO3)[C@@H]1CCCO. The molecule has 3 atom stereocenters. The maximum Gasteiger partial charge on any atom is 0.288 e. The van der Waals surface area contributed by atoms with Gasteiger partial charge in [0.25, 0.3) is 5.91 Å². The first-order chi connectivity index (χ1) is 13.2. The third-order valence-electron chi connectivity index (χ3n) is 5.14. The predicted octanol–water partition coefficient (Wildman–Crippen LogP) is 2.01. The highest BCUT2D eigenvalue weighted by atomic mass is 16.7. The van der Waals surface area contributed by atoms with Gasteiger partial charge < -0.3 is 29.0 Å². The van der Waals surface area contributed by atoms with Gasteiger partial charge in [0.05, 0.1) is 0 Å². The molecule has 1 saturated heterocycles. The Morgan fingerprint density at radius 3 is 2.85 bits per heavy atom. The van der Waals surface area contributed by atoms with Gasteiger partial charge in [0.2, 0.25) is 13.1 Å². The van der Waals surface area contributed by atoms with Gasteiger partial charge in [0, 0.05) is 38.1 Å². The minimum atomic E-state index is -0.527. The fourth-order valence-electron chi connectivity index (χ4n) is 3.67. The Morgan fingerprint density at radius 2 is 2.11 bits per heavy atom. The highest BCUT2D eigenvalue weighted by molar-refractivity contribution is 5.93. The Kier molecular flexibility index (Phi) is 5.22. The summed E-state index contributed by atoms with van der Waals surface area (Å²) in [6.07, 6.45) is 2.74. The maximum absolute atomic E-state index is 12.6. The van der Waals surface area contributed by atoms with Crippen LogP contribution in [0.3, 0.4) is 0 Å². The van der Waals surface area contributed by atoms with Crippen molar-refractivity contribution in [3.63, 3.8) is 0 Å². The quantitative estimate of drug-likeness (QED) is 0.735. The molecular formula is C20H25NO6. The molecule has 0 aromatic heterocycles. The van der Waals surface area contributed by atoms with Gasteiger partial charge in [-0.05, 0) is 43.5 Å². The lowest BCUT2D eigenvalue weighted by Gasteiger charge is -2.37. The van der Waals surface area contributed by atoms with Crippen LogP contribution >= 0.6 is 0 Å². The molecule has 1 aromatic carbocycles. The normalized spacial score (nSPS) is 25.8. The minimum Gasteiger partial charge on any atom is -0.459 e. The molecule has 146 valence electrons. The van der Waals surface area contributed by atoms with Crippen LogP contribution in [0.25, 0.3) is 0 Å². The van der Waals surface area contributed by atoms with E-state index in [1.54, 1.807) is 4.90 Å². The molecule has 0 spiro atoms. The first-order valence-corrected chi connectivity index (χ1v) is 9.51. The Balaban J connectivity index is 1.69. The van der Waals surface area contributed by atoms with Crippen molar-refractivity contribution in [2.45, 2.75) is 32.0 Å². The van der Waals surface area contributed by atoms with Gasteiger partial charge >= 0.3 is 0 Å². The van der Waals surface area contributed by atoms with Crippen LogP contribution < -0.4 is 9.47 Å². The highest BCUT2D eigenvalue weighted by Gasteiger charge is 2.40. The molecule has 4 rings (SSSR count). The zero-order chi connectivity index (χ0) is 18.8. The number of hydrogen-bond donors (Lipinski definition) is 1. The van der Waals surface area contributed by atoms with Crippen molar-refractivity contribution in [3.8, 4) is 11.5 Å². The zero-order valence-electron chi connectivity index (χ0n) is 15.4. The largest absolute Gasteiger partial charge is 0.459 e. The van der Waals surface area contributed by atoms with Gasteiger partial charge in [-0.15, -0.1) is 0 Å². The summed E-state index contributed by atoms with van der Waals surface area (Å²) in [6, 6.07) is 5.85. The van der Waals surface area contributed by atoms with Crippen LogP contribution in [0.15, 0.2) is 30.0 Å². The molecule has 0 bridgehead atoms. The number of benzene rings is 1. The maximum atomic E-state index is 12.6. The lowest BCUT2D eigenvalue weighted by molar-refractivity contribution is -0.168. The Morgan fingerprint density at radius 1 is 1.30 bits per heavy atom. The number of aliphatic hydroxyl groups excluding tert-OH is 1. The number of aliphatic hydroxyl groups is 1. The molecule has 27 heavy (non-hydrogen) atoms. The van der Waals surface area contributed by atoms with E-state index in [0.717, 1.165) is 30.8 Å². The molecule has 0 aliphatic carbocycles. The van der Waals surface area contributed by atoms with Gasteiger partial charge in [-0.2, -0.15) is 0 Å². The standard InChI is InChI=1S/C20H25NO6/c1-2-24-20-14(4-3-9-22)15(11-18(27-20)19(23)21-7-8-21)13-5-6-16-17(10-13)26-12-25-16/h5-6,10-11,14-15,20,22H,2-4,7-9,12H2,1H3/t14-,15-,20-/m0/s1. The summed E-state index contributed by atoms with van der Waals surface area (Å²) >= 11 is 0. The van der Waals surface area contributed by atoms with Gasteiger partial charge in [-0.25, -0.2) is 0 Å². The number of hydrogen-bond acceptors (Lipinski definition) is 6. The van der Waals surface area contributed by atoms with Crippen molar-refractivity contribution in [1.82, 2.24) is 4.90 Å². The second-order valence-electron chi connectivity index (χ2n) is 6.93. The molecule has 3 aliphatic rings. The number of ether oxygens (including phenoxy) is 4. The van der Waals surface area contributed by atoms with Crippen molar-refractivity contribution in [2.75, 3.05) is 33.1 Å². The molecule has 3 heterocycles. The predicted molar refractivity (Wildman–Crippen MR) is 96.3 cm³/mol. The monoisotopic (exact) mass is 375 g/mol. The molecule has 1 aromatic rings. The summed E-state index contributed by atoms with van der Waals surface area (Å²) < 4.78 is 22.7. The molecule has 0 radical (unpaired) electrons. The van der Waals surface area contributed by atoms with E-state index >= 15 is 0 Å². The van der Waals surface area contributed by atoms with E-state index in [9.17, 15) is 9.90 Å². The second kappa shape index (κ2) is 7.78. The van der Waals surface area contributed by atoms with Crippen molar-refractivity contribution in [1.29, 1.82) is 0 Å². The van der Waals surface area contributed by atoms with Gasteiger partial charge in [-0.3, -0.25) is 4.79 Å². The van der Waals surface area contributed by atoms with Crippen LogP contribution in [0.1, 0.15) is 31.2 Å². The summed E-state index contributed by atoms with van der Waals surface area (Å²) in [7, 11) is 0. The number of rotatable bonds is 7. The topological polar surface area (TPSA) is 77.2 Å². The van der Waals surface area contributed by atoms with Crippen molar-refractivity contribution >= 4 is 5.91 Å². The van der Waals surface area contributed by atoms with Gasteiger partial charge in [0.1, 0.15) is 0 Å². The molecule has 3 aliphatic heterocycles. The first kappa shape index (κ1) is 18.1. The fourth-order valence-corrected chi connectivity index (χ4v) is 3.67. The van der Waals surface area contributed by atoms with E-state index in [-0.39, 0.29) is 31.1 Å². The van der Waals surface area contributed by atoms with Crippen molar-refractivity contribution < 1.29 is 28.8 Å². The van der Waals surface area contributed by atoms with Crippen LogP contribution in [-0.4, -0.2) is 55.3 Å². The fraction of sp³-hybridized carbons (Fsp3) is 0.550. The number of carbonyl (C=O) groups excluding carboxylic acids is 1. The second-order valence-corrected chi connectivity index (χ2v) is 6.93. The lowest BCUT2D eigenvalue weighted by Crippen LogP contribution is -2.37. The van der Waals surface area contributed by atoms with E-state index in [4.69, 9.17) is 18.9 Å². The summed E-state index contributed by atoms with van der Waals surface area (Å²) in [5.74, 6) is 1.60. The van der Waals surface area contributed by atoms with Gasteiger partial charge in [0.15, 0.2) is 17.3 Å². The summed E-state index contributed by atoms with van der Waals surface area (Å²) in [4.78, 5) is 14.3. The van der Waals surface area contributed by atoms with Crippen LogP contribution in [0.5, 0.6) is 11.5 Å². The van der Waals surface area contributed by atoms with Crippen LogP contribution in [0.2, 0.25) is 0 Å². The lowest BCUT2D eigenvalue weighted by atomic mass is 9.80. The molecule has 7 heteroatoms. The number of allylic oxidation sites excluding steroid dienone is 1. The number of amides is 1. The van der Waals surface area contributed by atoms with Crippen molar-refractivity contribution in [3.05, 3.63) is 35.6 Å². The molecule has 0 saturated carbocycles. The highest BCUT2D eigenvalue weighted by Crippen LogP contribution is 2.43. The van der Waals surface area contributed by atoms with Crippen molar-refractivity contribution in [2.24, 2.45) is 5.92 Å². The van der Waals surface area contributed by atoms with E-state index in [2.05, 4.69) is 0 Å². The Hall–Kier alpha value is -2.25. The zero-order valence-corrected chi connectivity index (χ0v) is 15.4. The average molecular weight is 375 g/mol. The van der Waals surface area contributed by atoms with E-state index in [1.165, 1.54) is 0 Å². The van der Waals surface area contributed by atoms with Crippen LogP contribution in [-0.2, 0) is 14.3 Å². The van der Waals surface area contributed by atoms with E-state index in [0.29, 0.717) is 24.5 Å². The molecule has 1 amide bonds. The van der Waals surface area contributed by atoms with E-state index < -0.39 is 6.29 Å². The molecule has 1 fully saturated rings. The summed E-state index contributed by atoms with van der Waals surface area (Å²) in [6.45, 7) is 4.25. The Bertz CT molecular complexity index is 729. The Labute approximate surface area is 158 Å². The third-order valence-corrected chi connectivity index (χ3v) is 5.14. The van der Waals surface area contributed by atoms with Gasteiger partial charge in [-0.1, -0.05) is 6.07 Å². The number of nitrogens with zero attached hydrogens (tertiary/aromatic N) is 1. The summed E-state index contributed by atoms with van der Waals surface area (Å²) in [5.41, 5.74) is 1.02. The third kappa shape index (κ3) is 3.75. The average Bonchev–Trinajstić information content (AvgIpc) is 3.43.